The molecule has 12 aromatic carbocycles. The third-order valence-electron chi connectivity index (χ3n) is 17.0. The van der Waals surface area contributed by atoms with Gasteiger partial charge >= 0.3 is 0 Å². The summed E-state index contributed by atoms with van der Waals surface area (Å²) in [5.74, 6) is 1.59. The monoisotopic (exact) mass is 1040 g/mol. The SMILES string of the molecule is c1ccc(-c2nc(-c3ccccc3)nc(-c3cc(-c4cccc5c4c4ccccc4n5-c4ccccc4)ccc3C3c4cc(-n5c6ccccc6c6ccccc65)ccc4-c4ccc(-n5c6ccccc6c6ccccc65)cc43)n2)cc1. The second kappa shape index (κ2) is 18.3. The van der Waals surface area contributed by atoms with Crippen LogP contribution >= 0.6 is 0 Å². The largest absolute Gasteiger partial charge is 0.309 e. The third kappa shape index (κ3) is 7.04. The number of hydrogen-bond acceptors (Lipinski definition) is 3. The normalized spacial score (nSPS) is 12.3. The Morgan fingerprint density at radius 1 is 0.232 bits per heavy atom. The van der Waals surface area contributed by atoms with Crippen LogP contribution in [0.15, 0.2) is 285 Å². The summed E-state index contributed by atoms with van der Waals surface area (Å²) < 4.78 is 7.27. The van der Waals surface area contributed by atoms with Gasteiger partial charge in [0.1, 0.15) is 0 Å². The van der Waals surface area contributed by atoms with Crippen LogP contribution in [0.3, 0.4) is 0 Å². The molecule has 17 rings (SSSR count). The van der Waals surface area contributed by atoms with Crippen LogP contribution in [0.1, 0.15) is 22.6 Å². The molecule has 382 valence electrons. The third-order valence-corrected chi connectivity index (χ3v) is 17.0. The molecule has 0 unspecified atom stereocenters. The van der Waals surface area contributed by atoms with Crippen molar-refractivity contribution in [2.75, 3.05) is 0 Å². The predicted molar refractivity (Wildman–Crippen MR) is 337 cm³/mol. The van der Waals surface area contributed by atoms with E-state index in [-0.39, 0.29) is 5.92 Å². The maximum Gasteiger partial charge on any atom is 0.164 e. The van der Waals surface area contributed by atoms with E-state index < -0.39 is 0 Å². The Labute approximate surface area is 472 Å². The van der Waals surface area contributed by atoms with Crippen LogP contribution in [0.2, 0.25) is 0 Å². The van der Waals surface area contributed by atoms with Gasteiger partial charge in [-0.05, 0) is 118 Å². The lowest BCUT2D eigenvalue weighted by Gasteiger charge is -2.21. The number of rotatable bonds is 8. The van der Waals surface area contributed by atoms with Crippen molar-refractivity contribution in [1.82, 2.24) is 28.7 Å². The average Bonchev–Trinajstić information content (AvgIpc) is 3.23. The minimum Gasteiger partial charge on any atom is -0.309 e. The van der Waals surface area contributed by atoms with Gasteiger partial charge in [-0.1, -0.05) is 206 Å². The maximum atomic E-state index is 5.55. The van der Waals surface area contributed by atoms with Crippen molar-refractivity contribution in [2.45, 2.75) is 5.92 Å². The van der Waals surface area contributed by atoms with Gasteiger partial charge in [0.05, 0.1) is 33.1 Å². The highest BCUT2D eigenvalue weighted by Crippen LogP contribution is 2.53. The van der Waals surface area contributed by atoms with Crippen LogP contribution in [0.25, 0.3) is 139 Å². The van der Waals surface area contributed by atoms with Crippen LogP contribution < -0.4 is 0 Å². The zero-order valence-corrected chi connectivity index (χ0v) is 44.4. The second-order valence-electron chi connectivity index (χ2n) is 21.4. The van der Waals surface area contributed by atoms with E-state index in [1.165, 1.54) is 76.6 Å². The molecule has 6 nitrogen and oxygen atoms in total. The van der Waals surface area contributed by atoms with Crippen molar-refractivity contribution in [3.05, 3.63) is 302 Å². The van der Waals surface area contributed by atoms with Crippen molar-refractivity contribution >= 4 is 65.4 Å². The van der Waals surface area contributed by atoms with Gasteiger partial charge in [-0.3, -0.25) is 0 Å². The second-order valence-corrected chi connectivity index (χ2v) is 21.4. The first-order valence-electron chi connectivity index (χ1n) is 28.0. The molecule has 82 heavy (non-hydrogen) atoms. The molecule has 1 aliphatic rings. The van der Waals surface area contributed by atoms with E-state index in [2.05, 4.69) is 287 Å². The van der Waals surface area contributed by atoms with Crippen LogP contribution in [0, 0.1) is 0 Å². The van der Waals surface area contributed by atoms with E-state index in [0.29, 0.717) is 17.5 Å². The summed E-state index contributed by atoms with van der Waals surface area (Å²) in [6, 6.07) is 103. The Balaban J connectivity index is 0.966. The van der Waals surface area contributed by atoms with Crippen LogP contribution in [-0.4, -0.2) is 28.7 Å². The van der Waals surface area contributed by atoms with E-state index in [1.807, 2.05) is 12.1 Å². The Bertz CT molecular complexity index is 4900. The predicted octanol–water partition coefficient (Wildman–Crippen LogP) is 19.0. The summed E-state index contributed by atoms with van der Waals surface area (Å²) in [6.07, 6.45) is 0. The van der Waals surface area contributed by atoms with Crippen molar-refractivity contribution in [2.24, 2.45) is 0 Å². The van der Waals surface area contributed by atoms with E-state index in [1.54, 1.807) is 0 Å². The first-order chi connectivity index (χ1) is 40.7. The lowest BCUT2D eigenvalue weighted by molar-refractivity contribution is 0.993. The van der Waals surface area contributed by atoms with Gasteiger partial charge < -0.3 is 13.7 Å². The summed E-state index contributed by atoms with van der Waals surface area (Å²) in [5, 5.41) is 7.29. The molecule has 0 spiro atoms. The number of para-hydroxylation sites is 6. The fourth-order valence-corrected chi connectivity index (χ4v) is 13.5. The molecule has 0 saturated carbocycles. The quantitative estimate of drug-likeness (QED) is 0.152. The maximum absolute atomic E-state index is 5.55. The molecule has 0 fully saturated rings. The Hall–Kier alpha value is -11.0. The number of aromatic nitrogens is 6. The molecule has 0 aliphatic heterocycles. The number of hydrogen-bond donors (Lipinski definition) is 0. The van der Waals surface area contributed by atoms with Crippen LogP contribution in [-0.2, 0) is 0 Å². The Morgan fingerprint density at radius 2 is 0.634 bits per heavy atom. The van der Waals surface area contributed by atoms with Crippen molar-refractivity contribution < 1.29 is 0 Å². The van der Waals surface area contributed by atoms with Gasteiger partial charge in [-0.25, -0.2) is 15.0 Å². The van der Waals surface area contributed by atoms with E-state index in [4.69, 9.17) is 15.0 Å². The van der Waals surface area contributed by atoms with Gasteiger partial charge in [0.15, 0.2) is 17.5 Å². The minimum atomic E-state index is -0.247. The number of nitrogens with zero attached hydrogens (tertiary/aromatic N) is 6. The molecule has 0 N–H and O–H groups in total. The molecule has 0 bridgehead atoms. The fraction of sp³-hybridized carbons (Fsp3) is 0.0132. The highest BCUT2D eigenvalue weighted by molar-refractivity contribution is 6.16. The molecular weight excluding hydrogens is 997 g/mol. The molecule has 0 amide bonds. The van der Waals surface area contributed by atoms with Crippen molar-refractivity contribution in [1.29, 1.82) is 0 Å². The van der Waals surface area contributed by atoms with Crippen LogP contribution in [0.5, 0.6) is 0 Å². The zero-order valence-electron chi connectivity index (χ0n) is 44.4. The first kappa shape index (κ1) is 46.0. The lowest BCUT2D eigenvalue weighted by Crippen LogP contribution is -2.07. The van der Waals surface area contributed by atoms with Crippen molar-refractivity contribution in [3.63, 3.8) is 0 Å². The lowest BCUT2D eigenvalue weighted by atomic mass is 9.84. The minimum absolute atomic E-state index is 0.247. The summed E-state index contributed by atoms with van der Waals surface area (Å²) >= 11 is 0. The van der Waals surface area contributed by atoms with Crippen molar-refractivity contribution in [3.8, 4) is 73.5 Å². The molecule has 16 aromatic rings. The topological polar surface area (TPSA) is 53.5 Å². The van der Waals surface area contributed by atoms with E-state index in [9.17, 15) is 0 Å². The van der Waals surface area contributed by atoms with Gasteiger partial charge in [0.25, 0.3) is 0 Å². The van der Waals surface area contributed by atoms with E-state index in [0.717, 1.165) is 61.5 Å². The highest BCUT2D eigenvalue weighted by Gasteiger charge is 2.34. The highest BCUT2D eigenvalue weighted by atomic mass is 15.0. The molecule has 0 radical (unpaired) electrons. The molecule has 0 saturated heterocycles. The van der Waals surface area contributed by atoms with Gasteiger partial charge in [-0.2, -0.15) is 0 Å². The molecular formula is C76H48N6. The summed E-state index contributed by atoms with van der Waals surface area (Å²) in [5.41, 5.74) is 21.2. The summed E-state index contributed by atoms with van der Waals surface area (Å²) in [6.45, 7) is 0. The molecule has 0 atom stereocenters. The molecule has 4 aromatic heterocycles. The fourth-order valence-electron chi connectivity index (χ4n) is 13.5. The van der Waals surface area contributed by atoms with E-state index >= 15 is 0 Å². The summed E-state index contributed by atoms with van der Waals surface area (Å²) in [4.78, 5) is 16.3. The van der Waals surface area contributed by atoms with Crippen LogP contribution in [0.4, 0.5) is 0 Å². The number of benzene rings is 12. The zero-order chi connectivity index (χ0) is 53.8. The average molecular weight is 1050 g/mol. The number of fused-ring (bicyclic) bond motifs is 12. The van der Waals surface area contributed by atoms with Gasteiger partial charge in [0, 0.05) is 72.0 Å². The first-order valence-corrected chi connectivity index (χ1v) is 28.0. The summed E-state index contributed by atoms with van der Waals surface area (Å²) in [7, 11) is 0. The smallest absolute Gasteiger partial charge is 0.164 e. The standard InChI is InChI=1S/C76H48N6/c1-4-21-48(22-5-1)74-77-75(49-23-6-2-7-24-49)79-76(78-74)65-45-50(54-32-20-38-71-73(54)62-31-14-19-37-70(62)80(71)51-25-8-3-9-26-51)39-42-61(65)72-63-46-52(81-66-33-15-10-27-57(66)58-28-11-16-34-67(58)81)40-43-55(63)56-44-41-53(47-64(56)72)82-68-35-17-12-29-59(68)60-30-13-18-36-69(60)82/h1-47,72H. The molecule has 6 heteroatoms. The van der Waals surface area contributed by atoms with Gasteiger partial charge in [-0.15, -0.1) is 0 Å². The Morgan fingerprint density at radius 3 is 1.13 bits per heavy atom. The molecule has 4 heterocycles. The van der Waals surface area contributed by atoms with Gasteiger partial charge in [0.2, 0.25) is 0 Å². The Kier molecular flexibility index (Phi) is 10.3. The molecule has 1 aliphatic carbocycles.